The number of aryl methyl sites for hydroxylation is 1. The molecule has 0 spiro atoms. The van der Waals surface area contributed by atoms with Gasteiger partial charge in [-0.2, -0.15) is 15.0 Å². The molecule has 0 aliphatic heterocycles. The summed E-state index contributed by atoms with van der Waals surface area (Å²) in [6.07, 6.45) is 1.76. The second kappa shape index (κ2) is 8.52. The molecule has 0 radical (unpaired) electrons. The summed E-state index contributed by atoms with van der Waals surface area (Å²) in [5.41, 5.74) is 5.33. The number of rotatable bonds is 5. The van der Waals surface area contributed by atoms with E-state index in [1.807, 2.05) is 91.0 Å². The first-order valence-electron chi connectivity index (χ1n) is 11.2. The molecule has 0 N–H and O–H groups in total. The fraction of sp³-hybridized carbons (Fsp3) is 0.115. The van der Waals surface area contributed by atoms with Crippen LogP contribution in [0.1, 0.15) is 16.8 Å². The van der Waals surface area contributed by atoms with Crippen LogP contribution in [0.4, 0.5) is 0 Å². The minimum absolute atomic E-state index is 0.114. The van der Waals surface area contributed by atoms with E-state index >= 15 is 0 Å². The minimum Gasteiger partial charge on any atom is -0.268 e. The van der Waals surface area contributed by atoms with Crippen molar-refractivity contribution in [2.24, 2.45) is 0 Å². The Morgan fingerprint density at radius 1 is 0.886 bits per heavy atom. The molecule has 0 saturated carbocycles. The maximum Gasteiger partial charge on any atom is 0.267 e. The van der Waals surface area contributed by atoms with E-state index in [1.165, 1.54) is 11.8 Å². The van der Waals surface area contributed by atoms with Crippen molar-refractivity contribution in [1.82, 2.24) is 34.2 Å². The topological polar surface area (TPSA) is 82.9 Å². The molecule has 3 heterocycles. The van der Waals surface area contributed by atoms with E-state index in [4.69, 9.17) is 0 Å². The van der Waals surface area contributed by atoms with Gasteiger partial charge in [-0.25, -0.2) is 4.57 Å². The Balaban J connectivity index is 1.45. The molecule has 0 atom stereocenters. The SMILES string of the molecule is Cc1cccc(-n2c(=O)c3ccccc3n3c(SCc4cnn(-c5ccccc5)n4)nnc23)c1C. The zero-order valence-electron chi connectivity index (χ0n) is 19.2. The molecule has 0 bridgehead atoms. The zero-order valence-corrected chi connectivity index (χ0v) is 20.0. The van der Waals surface area contributed by atoms with Crippen LogP contribution < -0.4 is 5.56 Å². The van der Waals surface area contributed by atoms with Gasteiger partial charge >= 0.3 is 0 Å². The lowest BCUT2D eigenvalue weighted by Gasteiger charge is -2.14. The van der Waals surface area contributed by atoms with Crippen molar-refractivity contribution in [3.05, 3.63) is 106 Å². The van der Waals surface area contributed by atoms with Crippen LogP contribution in [0.5, 0.6) is 0 Å². The Morgan fingerprint density at radius 3 is 2.54 bits per heavy atom. The van der Waals surface area contributed by atoms with Gasteiger partial charge in [0.1, 0.15) is 0 Å². The Labute approximate surface area is 204 Å². The molecule has 9 heteroatoms. The van der Waals surface area contributed by atoms with Gasteiger partial charge in [0.2, 0.25) is 5.78 Å². The van der Waals surface area contributed by atoms with E-state index in [9.17, 15) is 4.79 Å². The van der Waals surface area contributed by atoms with Crippen LogP contribution in [0, 0.1) is 13.8 Å². The number of para-hydroxylation sites is 2. The molecular weight excluding hydrogens is 458 g/mol. The smallest absolute Gasteiger partial charge is 0.267 e. The first kappa shape index (κ1) is 21.3. The molecule has 0 aliphatic rings. The van der Waals surface area contributed by atoms with Crippen LogP contribution in [0.2, 0.25) is 0 Å². The minimum atomic E-state index is -0.114. The van der Waals surface area contributed by atoms with Crippen LogP contribution in [0.3, 0.4) is 0 Å². The van der Waals surface area contributed by atoms with Crippen LogP contribution in [-0.4, -0.2) is 34.2 Å². The van der Waals surface area contributed by atoms with Gasteiger partial charge in [0, 0.05) is 5.75 Å². The number of benzene rings is 3. The molecule has 172 valence electrons. The number of fused-ring (bicyclic) bond motifs is 3. The fourth-order valence-corrected chi connectivity index (χ4v) is 4.97. The maximum absolute atomic E-state index is 13.6. The first-order valence-corrected chi connectivity index (χ1v) is 12.2. The van der Waals surface area contributed by atoms with Crippen LogP contribution in [0.25, 0.3) is 28.1 Å². The Hall–Kier alpha value is -4.24. The van der Waals surface area contributed by atoms with Crippen molar-refractivity contribution < 1.29 is 0 Å². The van der Waals surface area contributed by atoms with E-state index in [0.29, 0.717) is 22.1 Å². The van der Waals surface area contributed by atoms with E-state index in [-0.39, 0.29) is 5.56 Å². The second-order valence-corrected chi connectivity index (χ2v) is 9.19. The third-order valence-corrected chi connectivity index (χ3v) is 7.05. The van der Waals surface area contributed by atoms with Crippen molar-refractivity contribution in [2.75, 3.05) is 0 Å². The lowest BCUT2D eigenvalue weighted by atomic mass is 10.1. The van der Waals surface area contributed by atoms with Gasteiger partial charge in [0.05, 0.1) is 34.2 Å². The number of aromatic nitrogens is 7. The Morgan fingerprint density at radius 2 is 1.69 bits per heavy atom. The predicted molar refractivity (Wildman–Crippen MR) is 136 cm³/mol. The van der Waals surface area contributed by atoms with Gasteiger partial charge in [-0.3, -0.25) is 9.20 Å². The molecule has 0 fully saturated rings. The third-order valence-electron chi connectivity index (χ3n) is 6.09. The monoisotopic (exact) mass is 479 g/mol. The van der Waals surface area contributed by atoms with Gasteiger partial charge in [-0.1, -0.05) is 54.2 Å². The lowest BCUT2D eigenvalue weighted by Crippen LogP contribution is -2.22. The highest BCUT2D eigenvalue weighted by Gasteiger charge is 2.19. The van der Waals surface area contributed by atoms with E-state index in [0.717, 1.165) is 33.7 Å². The summed E-state index contributed by atoms with van der Waals surface area (Å²) in [7, 11) is 0. The number of hydrogen-bond acceptors (Lipinski definition) is 6. The standard InChI is InChI=1S/C26H21N7OS/c1-17-9-8-14-22(18(17)2)31-24(34)21-12-6-7-13-23(21)32-25(31)28-29-26(32)35-16-19-15-27-33(30-19)20-10-4-3-5-11-20/h3-15H,16H2,1-2H3. The molecule has 3 aromatic heterocycles. The molecular formula is C26H21N7OS. The average molecular weight is 480 g/mol. The lowest BCUT2D eigenvalue weighted by molar-refractivity contribution is 0.744. The van der Waals surface area contributed by atoms with Gasteiger partial charge in [0.15, 0.2) is 5.16 Å². The van der Waals surface area contributed by atoms with Gasteiger partial charge in [-0.15, -0.1) is 10.2 Å². The van der Waals surface area contributed by atoms with Crippen LogP contribution in [0.15, 0.2) is 88.9 Å². The predicted octanol–water partition coefficient (Wildman–Crippen LogP) is 4.52. The normalized spacial score (nSPS) is 11.5. The second-order valence-electron chi connectivity index (χ2n) is 8.24. The zero-order chi connectivity index (χ0) is 23.9. The molecule has 0 unspecified atom stereocenters. The summed E-state index contributed by atoms with van der Waals surface area (Å²) >= 11 is 1.51. The van der Waals surface area contributed by atoms with Crippen molar-refractivity contribution in [1.29, 1.82) is 0 Å². The van der Waals surface area contributed by atoms with E-state index in [1.54, 1.807) is 15.6 Å². The molecule has 8 nitrogen and oxygen atoms in total. The van der Waals surface area contributed by atoms with Gasteiger partial charge < -0.3 is 0 Å². The molecule has 0 amide bonds. The highest BCUT2D eigenvalue weighted by molar-refractivity contribution is 7.98. The number of nitrogens with zero attached hydrogens (tertiary/aromatic N) is 7. The summed E-state index contributed by atoms with van der Waals surface area (Å²) in [4.78, 5) is 15.2. The molecule has 6 aromatic rings. The largest absolute Gasteiger partial charge is 0.268 e. The van der Waals surface area contributed by atoms with Crippen molar-refractivity contribution in [2.45, 2.75) is 24.8 Å². The molecule has 35 heavy (non-hydrogen) atoms. The molecule has 6 rings (SSSR count). The molecule has 0 saturated heterocycles. The summed E-state index contributed by atoms with van der Waals surface area (Å²) in [6.45, 7) is 4.06. The van der Waals surface area contributed by atoms with Crippen molar-refractivity contribution >= 4 is 28.4 Å². The number of thioether (sulfide) groups is 1. The summed E-state index contributed by atoms with van der Waals surface area (Å²) < 4.78 is 3.61. The fourth-order valence-electron chi connectivity index (χ4n) is 4.15. The van der Waals surface area contributed by atoms with Gasteiger partial charge in [-0.05, 0) is 55.3 Å². The average Bonchev–Trinajstić information content (AvgIpc) is 3.53. The molecule has 3 aromatic carbocycles. The molecule has 0 aliphatic carbocycles. The first-order chi connectivity index (χ1) is 17.1. The highest BCUT2D eigenvalue weighted by atomic mass is 32.2. The van der Waals surface area contributed by atoms with Crippen molar-refractivity contribution in [3.8, 4) is 11.4 Å². The van der Waals surface area contributed by atoms with Crippen LogP contribution in [-0.2, 0) is 5.75 Å². The maximum atomic E-state index is 13.6. The summed E-state index contributed by atoms with van der Waals surface area (Å²) in [5, 5.41) is 19.2. The highest BCUT2D eigenvalue weighted by Crippen LogP contribution is 2.26. The van der Waals surface area contributed by atoms with Gasteiger partial charge in [0.25, 0.3) is 5.56 Å². The van der Waals surface area contributed by atoms with E-state index < -0.39 is 0 Å². The Kier molecular flexibility index (Phi) is 5.18. The quantitative estimate of drug-likeness (QED) is 0.338. The van der Waals surface area contributed by atoms with E-state index in [2.05, 4.69) is 20.4 Å². The third kappa shape index (κ3) is 3.60. The summed E-state index contributed by atoms with van der Waals surface area (Å²) in [6, 6.07) is 23.3. The summed E-state index contributed by atoms with van der Waals surface area (Å²) in [5.74, 6) is 1.04. The van der Waals surface area contributed by atoms with Crippen molar-refractivity contribution in [3.63, 3.8) is 0 Å². The number of hydrogen-bond donors (Lipinski definition) is 0. The Bertz CT molecular complexity index is 1750. The van der Waals surface area contributed by atoms with Crippen LogP contribution >= 0.6 is 11.8 Å².